The SMILES string of the molecule is C#CC(C)N1C(=O)N=C(N)C1Cc1ccccc1. The van der Waals surface area contributed by atoms with Crippen molar-refractivity contribution in [1.29, 1.82) is 0 Å². The summed E-state index contributed by atoms with van der Waals surface area (Å²) in [6.45, 7) is 1.80. The third-order valence-corrected chi connectivity index (χ3v) is 3.05. The Morgan fingerprint density at radius 2 is 2.17 bits per heavy atom. The summed E-state index contributed by atoms with van der Waals surface area (Å²) in [5, 5.41) is 0. The van der Waals surface area contributed by atoms with E-state index in [0.29, 0.717) is 12.3 Å². The van der Waals surface area contributed by atoms with E-state index in [9.17, 15) is 4.79 Å². The molecule has 1 aromatic rings. The van der Waals surface area contributed by atoms with Gasteiger partial charge in [0.2, 0.25) is 0 Å². The van der Waals surface area contributed by atoms with Crippen LogP contribution in [0.2, 0.25) is 0 Å². The summed E-state index contributed by atoms with van der Waals surface area (Å²) >= 11 is 0. The maximum Gasteiger partial charge on any atom is 0.346 e. The summed E-state index contributed by atoms with van der Waals surface area (Å²) in [7, 11) is 0. The molecule has 0 saturated heterocycles. The van der Waals surface area contributed by atoms with Crippen LogP contribution in [-0.4, -0.2) is 28.9 Å². The number of rotatable bonds is 3. The van der Waals surface area contributed by atoms with E-state index >= 15 is 0 Å². The van der Waals surface area contributed by atoms with E-state index in [1.165, 1.54) is 0 Å². The molecular weight excluding hydrogens is 226 g/mol. The average Bonchev–Trinajstić information content (AvgIpc) is 2.65. The molecule has 1 heterocycles. The van der Waals surface area contributed by atoms with Crippen LogP contribution in [0.1, 0.15) is 12.5 Å². The average molecular weight is 241 g/mol. The predicted molar refractivity (Wildman–Crippen MR) is 71.1 cm³/mol. The molecule has 0 radical (unpaired) electrons. The normalized spacial score (nSPS) is 20.4. The number of hydrogen-bond donors (Lipinski definition) is 1. The van der Waals surface area contributed by atoms with Crippen LogP contribution in [0, 0.1) is 12.3 Å². The number of nitrogens with two attached hydrogens (primary N) is 1. The molecule has 4 nitrogen and oxygen atoms in total. The van der Waals surface area contributed by atoms with E-state index in [1.54, 1.807) is 11.8 Å². The Bertz CT molecular complexity index is 516. The van der Waals surface area contributed by atoms with Crippen molar-refractivity contribution in [3.8, 4) is 12.3 Å². The molecular formula is C14H15N3O. The summed E-state index contributed by atoms with van der Waals surface area (Å²) in [6, 6.07) is 8.94. The second-order valence-corrected chi connectivity index (χ2v) is 4.27. The van der Waals surface area contributed by atoms with E-state index < -0.39 is 0 Å². The van der Waals surface area contributed by atoms with Crippen molar-refractivity contribution in [3.63, 3.8) is 0 Å². The van der Waals surface area contributed by atoms with Gasteiger partial charge in [-0.3, -0.25) is 4.90 Å². The maximum absolute atomic E-state index is 11.7. The van der Waals surface area contributed by atoms with Gasteiger partial charge in [-0.25, -0.2) is 4.79 Å². The van der Waals surface area contributed by atoms with Crippen LogP contribution in [0.5, 0.6) is 0 Å². The van der Waals surface area contributed by atoms with E-state index in [0.717, 1.165) is 5.56 Å². The van der Waals surface area contributed by atoms with Crippen LogP contribution in [0.15, 0.2) is 35.3 Å². The van der Waals surface area contributed by atoms with Crippen molar-refractivity contribution in [1.82, 2.24) is 4.90 Å². The second kappa shape index (κ2) is 4.92. The van der Waals surface area contributed by atoms with Gasteiger partial charge in [-0.2, -0.15) is 4.99 Å². The molecule has 1 aromatic carbocycles. The third kappa shape index (κ3) is 2.21. The zero-order chi connectivity index (χ0) is 13.1. The highest BCUT2D eigenvalue weighted by molar-refractivity contribution is 6.03. The Morgan fingerprint density at radius 3 is 2.78 bits per heavy atom. The number of carbonyl (C=O) groups is 1. The van der Waals surface area contributed by atoms with Crippen LogP contribution < -0.4 is 5.73 Å². The Labute approximate surface area is 107 Å². The summed E-state index contributed by atoms with van der Waals surface area (Å²) in [5.74, 6) is 2.89. The minimum absolute atomic E-state index is 0.244. The molecule has 0 spiro atoms. The largest absolute Gasteiger partial charge is 0.385 e. The highest BCUT2D eigenvalue weighted by Crippen LogP contribution is 2.18. The van der Waals surface area contributed by atoms with Gasteiger partial charge in [0, 0.05) is 6.42 Å². The zero-order valence-electron chi connectivity index (χ0n) is 10.2. The predicted octanol–water partition coefficient (Wildman–Crippen LogP) is 1.41. The number of terminal acetylenes is 1. The Hall–Kier alpha value is -2.28. The number of hydrogen-bond acceptors (Lipinski definition) is 2. The molecule has 0 saturated carbocycles. The molecule has 1 aliphatic heterocycles. The summed E-state index contributed by atoms with van der Waals surface area (Å²) in [5.41, 5.74) is 6.92. The molecule has 2 rings (SSSR count). The molecule has 2 unspecified atom stereocenters. The lowest BCUT2D eigenvalue weighted by atomic mass is 10.0. The number of nitrogens with zero attached hydrogens (tertiary/aromatic N) is 2. The van der Waals surface area contributed by atoms with Crippen molar-refractivity contribution in [2.45, 2.75) is 25.4 Å². The smallest absolute Gasteiger partial charge is 0.346 e. The Morgan fingerprint density at radius 1 is 1.50 bits per heavy atom. The first-order valence-electron chi connectivity index (χ1n) is 5.80. The number of carbonyl (C=O) groups excluding carboxylic acids is 1. The van der Waals surface area contributed by atoms with Gasteiger partial charge in [-0.15, -0.1) is 6.42 Å². The quantitative estimate of drug-likeness (QED) is 0.813. The van der Waals surface area contributed by atoms with Crippen molar-refractivity contribution in [3.05, 3.63) is 35.9 Å². The molecule has 2 amide bonds. The number of benzene rings is 1. The van der Waals surface area contributed by atoms with Crippen molar-refractivity contribution < 1.29 is 4.79 Å². The molecule has 0 aromatic heterocycles. The van der Waals surface area contributed by atoms with Gasteiger partial charge in [0.05, 0.1) is 12.1 Å². The van der Waals surface area contributed by atoms with Crippen LogP contribution in [0.3, 0.4) is 0 Å². The van der Waals surface area contributed by atoms with E-state index in [-0.39, 0.29) is 18.1 Å². The molecule has 18 heavy (non-hydrogen) atoms. The van der Waals surface area contributed by atoms with Gasteiger partial charge < -0.3 is 5.73 Å². The monoisotopic (exact) mass is 241 g/mol. The van der Waals surface area contributed by atoms with Gasteiger partial charge in [0.1, 0.15) is 5.84 Å². The van der Waals surface area contributed by atoms with E-state index in [1.807, 2.05) is 30.3 Å². The molecule has 1 aliphatic rings. The maximum atomic E-state index is 11.7. The fraction of sp³-hybridized carbons (Fsp3) is 0.286. The van der Waals surface area contributed by atoms with E-state index in [4.69, 9.17) is 12.2 Å². The van der Waals surface area contributed by atoms with Crippen LogP contribution >= 0.6 is 0 Å². The fourth-order valence-corrected chi connectivity index (χ4v) is 2.07. The first kappa shape index (κ1) is 12.2. The standard InChI is InChI=1S/C14H15N3O/c1-3-10(2)17-12(13(15)16-14(17)18)9-11-7-5-4-6-8-11/h1,4-8,10,12H,9H2,2H3,(H2,15,16,18). The molecule has 2 atom stereocenters. The molecule has 0 aliphatic carbocycles. The van der Waals surface area contributed by atoms with Crippen molar-refractivity contribution in [2.24, 2.45) is 10.7 Å². The first-order valence-corrected chi connectivity index (χ1v) is 5.80. The number of urea groups is 1. The molecule has 2 N–H and O–H groups in total. The van der Waals surface area contributed by atoms with Crippen molar-refractivity contribution >= 4 is 11.9 Å². The van der Waals surface area contributed by atoms with E-state index in [2.05, 4.69) is 10.9 Å². The number of amidine groups is 1. The molecule has 92 valence electrons. The van der Waals surface area contributed by atoms with Crippen molar-refractivity contribution in [2.75, 3.05) is 0 Å². The summed E-state index contributed by atoms with van der Waals surface area (Å²) in [4.78, 5) is 17.1. The Kier molecular flexibility index (Phi) is 3.33. The third-order valence-electron chi connectivity index (χ3n) is 3.05. The van der Waals surface area contributed by atoms with Gasteiger partial charge in [0.15, 0.2) is 0 Å². The second-order valence-electron chi connectivity index (χ2n) is 4.27. The fourth-order valence-electron chi connectivity index (χ4n) is 2.07. The van der Waals surface area contributed by atoms with Gasteiger partial charge in [0.25, 0.3) is 0 Å². The van der Waals surface area contributed by atoms with Gasteiger partial charge in [-0.05, 0) is 12.5 Å². The topological polar surface area (TPSA) is 58.7 Å². The van der Waals surface area contributed by atoms with Crippen LogP contribution in [-0.2, 0) is 6.42 Å². The minimum atomic E-state index is -0.348. The zero-order valence-corrected chi connectivity index (χ0v) is 10.2. The van der Waals surface area contributed by atoms with Crippen LogP contribution in [0.25, 0.3) is 0 Å². The van der Waals surface area contributed by atoms with Gasteiger partial charge >= 0.3 is 6.03 Å². The lowest BCUT2D eigenvalue weighted by Crippen LogP contribution is -2.46. The lowest BCUT2D eigenvalue weighted by Gasteiger charge is -2.27. The lowest BCUT2D eigenvalue weighted by molar-refractivity contribution is 0.198. The highest BCUT2D eigenvalue weighted by atomic mass is 16.2. The first-order chi connectivity index (χ1) is 8.63. The Balaban J connectivity index is 2.22. The number of aliphatic imine (C=N–C) groups is 1. The minimum Gasteiger partial charge on any atom is -0.385 e. The molecule has 4 heteroatoms. The van der Waals surface area contributed by atoms with Crippen LogP contribution in [0.4, 0.5) is 4.79 Å². The number of amides is 2. The molecule has 0 fully saturated rings. The summed E-state index contributed by atoms with van der Waals surface area (Å²) in [6.07, 6.45) is 6.01. The summed E-state index contributed by atoms with van der Waals surface area (Å²) < 4.78 is 0. The molecule has 0 bridgehead atoms. The van der Waals surface area contributed by atoms with Gasteiger partial charge in [-0.1, -0.05) is 36.3 Å². The highest BCUT2D eigenvalue weighted by Gasteiger charge is 2.35.